The minimum absolute atomic E-state index is 0.277. The zero-order valence-corrected chi connectivity index (χ0v) is 10.2. The Morgan fingerprint density at radius 2 is 1.89 bits per heavy atom. The summed E-state index contributed by atoms with van der Waals surface area (Å²) < 4.78 is 5.36. The Morgan fingerprint density at radius 3 is 2.44 bits per heavy atom. The Labute approximate surface area is 106 Å². The van der Waals surface area contributed by atoms with Crippen molar-refractivity contribution in [2.45, 2.75) is 31.8 Å². The van der Waals surface area contributed by atoms with E-state index in [2.05, 4.69) is 0 Å². The van der Waals surface area contributed by atoms with Gasteiger partial charge in [-0.15, -0.1) is 0 Å². The number of benzene rings is 1. The molecule has 0 aromatic heterocycles. The SMILES string of the molecule is C[C@H](OCc1ccccc1)[C@@H](O)[C@@H](O)C(=O)CO. The molecule has 18 heavy (non-hydrogen) atoms. The first-order chi connectivity index (χ1) is 8.56. The van der Waals surface area contributed by atoms with E-state index in [0.29, 0.717) is 0 Å². The molecule has 1 rings (SSSR count). The van der Waals surface area contributed by atoms with Crippen LogP contribution in [0, 0.1) is 0 Å². The summed E-state index contributed by atoms with van der Waals surface area (Å²) in [4.78, 5) is 11.0. The molecule has 0 saturated carbocycles. The number of aliphatic hydroxyl groups is 3. The molecule has 5 heteroatoms. The van der Waals surface area contributed by atoms with Gasteiger partial charge in [-0.3, -0.25) is 4.79 Å². The Kier molecular flexibility index (Phi) is 5.94. The van der Waals surface area contributed by atoms with Crippen LogP contribution in [0.4, 0.5) is 0 Å². The van der Waals surface area contributed by atoms with Gasteiger partial charge in [-0.1, -0.05) is 30.3 Å². The van der Waals surface area contributed by atoms with Crippen molar-refractivity contribution in [1.29, 1.82) is 0 Å². The summed E-state index contributed by atoms with van der Waals surface area (Å²) in [7, 11) is 0. The number of ketones is 1. The molecule has 3 atom stereocenters. The predicted molar refractivity (Wildman–Crippen MR) is 64.8 cm³/mol. The third kappa shape index (κ3) is 4.19. The van der Waals surface area contributed by atoms with Crippen LogP contribution in [0.2, 0.25) is 0 Å². The molecule has 0 fully saturated rings. The second-order valence-electron chi connectivity index (χ2n) is 4.06. The van der Waals surface area contributed by atoms with Gasteiger partial charge >= 0.3 is 0 Å². The number of aliphatic hydroxyl groups excluding tert-OH is 3. The maximum Gasteiger partial charge on any atom is 0.189 e. The largest absolute Gasteiger partial charge is 0.388 e. The van der Waals surface area contributed by atoms with E-state index >= 15 is 0 Å². The average molecular weight is 254 g/mol. The van der Waals surface area contributed by atoms with Crippen molar-refractivity contribution in [3.05, 3.63) is 35.9 Å². The van der Waals surface area contributed by atoms with Gasteiger partial charge in [-0.25, -0.2) is 0 Å². The summed E-state index contributed by atoms with van der Waals surface area (Å²) >= 11 is 0. The first-order valence-electron chi connectivity index (χ1n) is 5.71. The summed E-state index contributed by atoms with van der Waals surface area (Å²) in [5.74, 6) is -0.822. The molecule has 0 spiro atoms. The van der Waals surface area contributed by atoms with Crippen molar-refractivity contribution in [1.82, 2.24) is 0 Å². The second-order valence-corrected chi connectivity index (χ2v) is 4.06. The fourth-order valence-electron chi connectivity index (χ4n) is 1.44. The van der Waals surface area contributed by atoms with Crippen LogP contribution >= 0.6 is 0 Å². The molecule has 0 amide bonds. The van der Waals surface area contributed by atoms with Gasteiger partial charge in [-0.05, 0) is 12.5 Å². The monoisotopic (exact) mass is 254 g/mol. The highest BCUT2D eigenvalue weighted by atomic mass is 16.5. The molecule has 0 aliphatic carbocycles. The number of rotatable bonds is 7. The normalized spacial score (nSPS) is 16.0. The fourth-order valence-corrected chi connectivity index (χ4v) is 1.44. The Bertz CT molecular complexity index is 365. The molecular weight excluding hydrogens is 236 g/mol. The van der Waals surface area contributed by atoms with Crippen molar-refractivity contribution in [3.8, 4) is 0 Å². The Morgan fingerprint density at radius 1 is 1.28 bits per heavy atom. The number of ether oxygens (including phenoxy) is 1. The van der Waals surface area contributed by atoms with E-state index in [0.717, 1.165) is 5.56 Å². The van der Waals surface area contributed by atoms with Crippen LogP contribution in [0.15, 0.2) is 30.3 Å². The lowest BCUT2D eigenvalue weighted by Gasteiger charge is -2.22. The van der Waals surface area contributed by atoms with Crippen molar-refractivity contribution in [2.24, 2.45) is 0 Å². The maximum atomic E-state index is 11.0. The van der Waals surface area contributed by atoms with Gasteiger partial charge in [-0.2, -0.15) is 0 Å². The topological polar surface area (TPSA) is 87.0 Å². The van der Waals surface area contributed by atoms with Gasteiger partial charge in [0.1, 0.15) is 18.8 Å². The molecule has 5 nitrogen and oxygen atoms in total. The van der Waals surface area contributed by atoms with E-state index < -0.39 is 30.7 Å². The van der Waals surface area contributed by atoms with E-state index in [4.69, 9.17) is 9.84 Å². The van der Waals surface area contributed by atoms with E-state index in [1.54, 1.807) is 6.92 Å². The highest BCUT2D eigenvalue weighted by Crippen LogP contribution is 2.09. The average Bonchev–Trinajstić information content (AvgIpc) is 2.43. The van der Waals surface area contributed by atoms with E-state index in [-0.39, 0.29) is 6.61 Å². The lowest BCUT2D eigenvalue weighted by atomic mass is 10.1. The number of hydrogen-bond donors (Lipinski definition) is 3. The van der Waals surface area contributed by atoms with Crippen molar-refractivity contribution >= 4 is 5.78 Å². The molecule has 3 N–H and O–H groups in total. The van der Waals surface area contributed by atoms with E-state index in [9.17, 15) is 15.0 Å². The number of carbonyl (C=O) groups is 1. The van der Waals surface area contributed by atoms with Crippen molar-refractivity contribution in [2.75, 3.05) is 6.61 Å². The zero-order valence-electron chi connectivity index (χ0n) is 10.2. The number of Topliss-reactive ketones (excluding diaryl/α,β-unsaturated/α-hetero) is 1. The summed E-state index contributed by atoms with van der Waals surface area (Å²) in [6, 6.07) is 9.35. The molecule has 0 aliphatic heterocycles. The van der Waals surface area contributed by atoms with Crippen molar-refractivity contribution in [3.63, 3.8) is 0 Å². The summed E-state index contributed by atoms with van der Waals surface area (Å²) in [6.07, 6.45) is -3.69. The molecule has 100 valence electrons. The van der Waals surface area contributed by atoms with Crippen LogP contribution < -0.4 is 0 Å². The summed E-state index contributed by atoms with van der Waals surface area (Å²) in [5, 5.41) is 27.7. The number of hydrogen-bond acceptors (Lipinski definition) is 5. The van der Waals surface area contributed by atoms with Crippen LogP contribution in [-0.4, -0.2) is 46.0 Å². The molecule has 0 aliphatic rings. The molecule has 0 saturated heterocycles. The fraction of sp³-hybridized carbons (Fsp3) is 0.462. The minimum Gasteiger partial charge on any atom is -0.388 e. The Balaban J connectivity index is 2.45. The highest BCUT2D eigenvalue weighted by Gasteiger charge is 2.28. The second kappa shape index (κ2) is 7.23. The van der Waals surface area contributed by atoms with Gasteiger partial charge in [0.25, 0.3) is 0 Å². The predicted octanol–water partition coefficient (Wildman–Crippen LogP) is -0.125. The third-order valence-corrected chi connectivity index (χ3v) is 2.65. The zero-order chi connectivity index (χ0) is 13.5. The Hall–Kier alpha value is -1.27. The molecule has 0 heterocycles. The minimum atomic E-state index is -1.62. The lowest BCUT2D eigenvalue weighted by molar-refractivity contribution is -0.144. The van der Waals surface area contributed by atoms with Gasteiger partial charge in [0, 0.05) is 0 Å². The van der Waals surface area contributed by atoms with Gasteiger partial charge in [0.2, 0.25) is 0 Å². The molecule has 1 aromatic carbocycles. The molecular formula is C13H18O5. The number of carbonyl (C=O) groups excluding carboxylic acids is 1. The van der Waals surface area contributed by atoms with Gasteiger partial charge in [0.15, 0.2) is 5.78 Å². The first kappa shape index (κ1) is 14.8. The summed E-state index contributed by atoms with van der Waals surface area (Å²) in [5.41, 5.74) is 0.930. The van der Waals surface area contributed by atoms with Crippen LogP contribution in [0.3, 0.4) is 0 Å². The third-order valence-electron chi connectivity index (χ3n) is 2.65. The standard InChI is InChI=1S/C13H18O5/c1-9(12(16)13(17)11(15)7-14)18-8-10-5-3-2-4-6-10/h2-6,9,12-14,16-17H,7-8H2,1H3/t9-,12+,13-/m0/s1. The van der Waals surface area contributed by atoms with Gasteiger partial charge < -0.3 is 20.1 Å². The van der Waals surface area contributed by atoms with Gasteiger partial charge in [0.05, 0.1) is 12.7 Å². The molecule has 0 radical (unpaired) electrons. The molecule has 0 unspecified atom stereocenters. The highest BCUT2D eigenvalue weighted by molar-refractivity contribution is 5.84. The van der Waals surface area contributed by atoms with E-state index in [1.165, 1.54) is 0 Å². The molecule has 0 bridgehead atoms. The van der Waals surface area contributed by atoms with E-state index in [1.807, 2.05) is 30.3 Å². The first-order valence-corrected chi connectivity index (χ1v) is 5.71. The quantitative estimate of drug-likeness (QED) is 0.631. The lowest BCUT2D eigenvalue weighted by Crippen LogP contribution is -2.43. The maximum absolute atomic E-state index is 11.0. The smallest absolute Gasteiger partial charge is 0.189 e. The van der Waals surface area contributed by atoms with Crippen molar-refractivity contribution < 1.29 is 24.9 Å². The molecule has 1 aromatic rings. The van der Waals surface area contributed by atoms with Crippen LogP contribution in [0.25, 0.3) is 0 Å². The summed E-state index contributed by atoms with van der Waals surface area (Å²) in [6.45, 7) is 1.03. The van der Waals surface area contributed by atoms with Crippen LogP contribution in [0.1, 0.15) is 12.5 Å². The van der Waals surface area contributed by atoms with Crippen LogP contribution in [-0.2, 0) is 16.1 Å². The van der Waals surface area contributed by atoms with Crippen LogP contribution in [0.5, 0.6) is 0 Å².